The van der Waals surface area contributed by atoms with E-state index >= 15 is 0 Å². The van der Waals surface area contributed by atoms with Crippen molar-refractivity contribution < 1.29 is 17.9 Å². The number of rotatable bonds is 9. The number of nitrogens with one attached hydrogen (secondary N) is 1. The number of H-pyrrole nitrogens is 1. The van der Waals surface area contributed by atoms with Crippen LogP contribution in [0.15, 0.2) is 34.4 Å². The first-order valence-electron chi connectivity index (χ1n) is 9.67. The summed E-state index contributed by atoms with van der Waals surface area (Å²) < 4.78 is 41.8. The Bertz CT molecular complexity index is 1010. The molecular formula is C21H24F3N3OS2. The van der Waals surface area contributed by atoms with Crippen molar-refractivity contribution in [1.29, 1.82) is 0 Å². The number of alkyl halides is 3. The van der Waals surface area contributed by atoms with Gasteiger partial charge in [0.2, 0.25) is 0 Å². The molecule has 0 saturated carbocycles. The van der Waals surface area contributed by atoms with E-state index in [9.17, 15) is 13.2 Å². The van der Waals surface area contributed by atoms with E-state index in [-0.39, 0.29) is 5.75 Å². The number of pyridine rings is 1. The Morgan fingerprint density at radius 1 is 1.17 bits per heavy atom. The fraction of sp³-hybridized carbons (Fsp3) is 0.429. The van der Waals surface area contributed by atoms with Gasteiger partial charge in [0.25, 0.3) is 0 Å². The summed E-state index contributed by atoms with van der Waals surface area (Å²) in [6.45, 7) is 5.06. The SMILES string of the molecule is CCCCSc1c(C)cnc(CSc2nc3ccc(OCC(F)(F)F)cc3[nH]2)c1C. The molecule has 1 N–H and O–H groups in total. The molecule has 2 heterocycles. The molecule has 9 heteroatoms. The number of imidazole rings is 1. The fourth-order valence-electron chi connectivity index (χ4n) is 2.87. The van der Waals surface area contributed by atoms with Gasteiger partial charge in [0.1, 0.15) is 5.75 Å². The van der Waals surface area contributed by atoms with Crippen LogP contribution in [0.3, 0.4) is 0 Å². The zero-order valence-electron chi connectivity index (χ0n) is 17.1. The summed E-state index contributed by atoms with van der Waals surface area (Å²) in [5.41, 5.74) is 4.72. The van der Waals surface area contributed by atoms with E-state index in [0.29, 0.717) is 21.9 Å². The van der Waals surface area contributed by atoms with Gasteiger partial charge < -0.3 is 9.72 Å². The van der Waals surface area contributed by atoms with Crippen LogP contribution in [0.4, 0.5) is 13.2 Å². The first kappa shape index (κ1) is 22.8. The van der Waals surface area contributed by atoms with E-state index in [4.69, 9.17) is 4.74 Å². The molecule has 0 aliphatic rings. The minimum absolute atomic E-state index is 0.157. The van der Waals surface area contributed by atoms with Crippen LogP contribution in [0, 0.1) is 13.8 Å². The quantitative estimate of drug-likeness (QED) is 0.287. The first-order chi connectivity index (χ1) is 14.3. The smallest absolute Gasteiger partial charge is 0.422 e. The van der Waals surface area contributed by atoms with Gasteiger partial charge in [-0.3, -0.25) is 4.98 Å². The Kier molecular flexibility index (Phi) is 7.57. The molecule has 0 atom stereocenters. The molecule has 0 amide bonds. The van der Waals surface area contributed by atoms with Gasteiger partial charge in [0, 0.05) is 22.9 Å². The van der Waals surface area contributed by atoms with Crippen LogP contribution in [-0.4, -0.2) is 33.5 Å². The van der Waals surface area contributed by atoms with E-state index in [2.05, 4.69) is 35.7 Å². The Balaban J connectivity index is 1.69. The van der Waals surface area contributed by atoms with Gasteiger partial charge in [-0.2, -0.15) is 13.2 Å². The Morgan fingerprint density at radius 3 is 2.70 bits per heavy atom. The van der Waals surface area contributed by atoms with Crippen LogP contribution in [0.5, 0.6) is 5.75 Å². The number of unbranched alkanes of at least 4 members (excludes halogenated alkanes) is 1. The lowest BCUT2D eigenvalue weighted by Crippen LogP contribution is -2.19. The van der Waals surface area contributed by atoms with Gasteiger partial charge in [0.15, 0.2) is 11.8 Å². The molecular weight excluding hydrogens is 431 g/mol. The van der Waals surface area contributed by atoms with Crippen molar-refractivity contribution >= 4 is 34.6 Å². The maximum atomic E-state index is 12.3. The number of aromatic nitrogens is 3. The maximum Gasteiger partial charge on any atom is 0.422 e. The second-order valence-corrected chi connectivity index (χ2v) is 9.03. The minimum atomic E-state index is -4.36. The van der Waals surface area contributed by atoms with Crippen molar-refractivity contribution in [2.75, 3.05) is 12.4 Å². The number of fused-ring (bicyclic) bond motifs is 1. The number of aromatic amines is 1. The van der Waals surface area contributed by atoms with E-state index < -0.39 is 12.8 Å². The van der Waals surface area contributed by atoms with Crippen molar-refractivity contribution in [2.24, 2.45) is 0 Å². The molecule has 0 bridgehead atoms. The average Bonchev–Trinajstić information content (AvgIpc) is 3.10. The number of benzene rings is 1. The Hall–Kier alpha value is -1.87. The second kappa shape index (κ2) is 9.96. The van der Waals surface area contributed by atoms with Crippen molar-refractivity contribution in [3.63, 3.8) is 0 Å². The fourth-order valence-corrected chi connectivity index (χ4v) is 5.03. The highest BCUT2D eigenvalue weighted by atomic mass is 32.2. The molecule has 2 aromatic heterocycles. The lowest BCUT2D eigenvalue weighted by atomic mass is 10.2. The predicted molar refractivity (Wildman–Crippen MR) is 117 cm³/mol. The maximum absolute atomic E-state index is 12.3. The largest absolute Gasteiger partial charge is 0.484 e. The van der Waals surface area contributed by atoms with Crippen molar-refractivity contribution in [3.05, 3.63) is 41.2 Å². The lowest BCUT2D eigenvalue weighted by Gasteiger charge is -2.12. The zero-order chi connectivity index (χ0) is 21.7. The average molecular weight is 456 g/mol. The Labute approximate surface area is 182 Å². The number of hydrogen-bond donors (Lipinski definition) is 1. The van der Waals surface area contributed by atoms with Gasteiger partial charge >= 0.3 is 6.18 Å². The summed E-state index contributed by atoms with van der Waals surface area (Å²) in [4.78, 5) is 13.5. The normalized spacial score (nSPS) is 11.9. The van der Waals surface area contributed by atoms with Gasteiger partial charge in [-0.05, 0) is 49.3 Å². The van der Waals surface area contributed by atoms with E-state index in [0.717, 1.165) is 11.4 Å². The number of thioether (sulfide) groups is 2. The molecule has 0 fully saturated rings. The van der Waals surface area contributed by atoms with E-state index in [1.165, 1.54) is 52.8 Å². The first-order valence-corrected chi connectivity index (χ1v) is 11.6. The predicted octanol–water partition coefficient (Wildman–Crippen LogP) is 6.70. The lowest BCUT2D eigenvalue weighted by molar-refractivity contribution is -0.153. The monoisotopic (exact) mass is 455 g/mol. The van der Waals surface area contributed by atoms with Crippen LogP contribution in [0.1, 0.15) is 36.6 Å². The molecule has 1 aromatic carbocycles. The summed E-state index contributed by atoms with van der Waals surface area (Å²) in [5.74, 6) is 1.91. The Morgan fingerprint density at radius 2 is 1.97 bits per heavy atom. The third-order valence-electron chi connectivity index (χ3n) is 4.47. The summed E-state index contributed by atoms with van der Waals surface area (Å²) in [7, 11) is 0. The molecule has 0 aliphatic heterocycles. The highest BCUT2D eigenvalue weighted by Gasteiger charge is 2.28. The summed E-state index contributed by atoms with van der Waals surface area (Å²) >= 11 is 3.40. The number of nitrogens with zero attached hydrogens (tertiary/aromatic N) is 2. The van der Waals surface area contributed by atoms with Crippen LogP contribution >= 0.6 is 23.5 Å². The minimum Gasteiger partial charge on any atom is -0.484 e. The molecule has 30 heavy (non-hydrogen) atoms. The summed E-state index contributed by atoms with van der Waals surface area (Å²) in [6.07, 6.45) is -0.0892. The summed E-state index contributed by atoms with van der Waals surface area (Å²) in [5, 5.41) is 0.694. The number of ether oxygens (including phenoxy) is 1. The highest BCUT2D eigenvalue weighted by molar-refractivity contribution is 7.99. The zero-order valence-corrected chi connectivity index (χ0v) is 18.7. The van der Waals surface area contributed by atoms with E-state index in [1.54, 1.807) is 6.07 Å². The molecule has 3 rings (SSSR count). The van der Waals surface area contributed by atoms with Crippen LogP contribution in [-0.2, 0) is 5.75 Å². The van der Waals surface area contributed by atoms with Crippen LogP contribution in [0.2, 0.25) is 0 Å². The third kappa shape index (κ3) is 6.07. The van der Waals surface area contributed by atoms with Crippen molar-refractivity contribution in [3.8, 4) is 5.75 Å². The standard InChI is InChI=1S/C21H24F3N3OS2/c1-4-5-8-29-19-13(2)10-25-18(14(19)3)11-30-20-26-16-7-6-15(9-17(16)27-20)28-12-21(22,23)24/h6-7,9-10H,4-5,8,11-12H2,1-3H3,(H,26,27). The number of hydrogen-bond acceptors (Lipinski definition) is 5. The molecule has 4 nitrogen and oxygen atoms in total. The highest BCUT2D eigenvalue weighted by Crippen LogP contribution is 2.31. The third-order valence-corrected chi connectivity index (χ3v) is 6.76. The van der Waals surface area contributed by atoms with Gasteiger partial charge in [0.05, 0.1) is 16.7 Å². The van der Waals surface area contributed by atoms with Crippen molar-refractivity contribution in [2.45, 2.75) is 55.6 Å². The van der Waals surface area contributed by atoms with Gasteiger partial charge in [-0.15, -0.1) is 11.8 Å². The molecule has 0 spiro atoms. The molecule has 0 aliphatic carbocycles. The molecule has 0 radical (unpaired) electrons. The second-order valence-electron chi connectivity index (χ2n) is 6.96. The van der Waals surface area contributed by atoms with E-state index in [1.807, 2.05) is 18.0 Å². The topological polar surface area (TPSA) is 50.8 Å². The molecule has 3 aromatic rings. The molecule has 0 saturated heterocycles. The van der Waals surface area contributed by atoms with Crippen LogP contribution < -0.4 is 4.74 Å². The summed E-state index contributed by atoms with van der Waals surface area (Å²) in [6, 6.07) is 4.68. The molecule has 0 unspecified atom stereocenters. The van der Waals surface area contributed by atoms with Crippen LogP contribution in [0.25, 0.3) is 11.0 Å². The van der Waals surface area contributed by atoms with Gasteiger partial charge in [-0.25, -0.2) is 4.98 Å². The van der Waals surface area contributed by atoms with Gasteiger partial charge in [-0.1, -0.05) is 25.1 Å². The molecule has 162 valence electrons. The van der Waals surface area contributed by atoms with Crippen molar-refractivity contribution in [1.82, 2.24) is 15.0 Å². The number of halogens is 3. The number of aryl methyl sites for hydroxylation is 1.